The SMILES string of the molecule is O=[N+]([O-])c1ccc(C=Cc2ccon2)cc1. The summed E-state index contributed by atoms with van der Waals surface area (Å²) in [5.41, 5.74) is 1.66. The van der Waals surface area contributed by atoms with E-state index in [9.17, 15) is 10.1 Å². The van der Waals surface area contributed by atoms with Gasteiger partial charge in [0.15, 0.2) is 0 Å². The lowest BCUT2D eigenvalue weighted by Crippen LogP contribution is -1.86. The van der Waals surface area contributed by atoms with E-state index in [0.717, 1.165) is 5.56 Å². The van der Waals surface area contributed by atoms with E-state index < -0.39 is 4.92 Å². The molecule has 0 aliphatic heterocycles. The van der Waals surface area contributed by atoms with Crippen LogP contribution in [0, 0.1) is 10.1 Å². The van der Waals surface area contributed by atoms with E-state index in [4.69, 9.17) is 0 Å². The molecule has 2 aromatic rings. The highest BCUT2D eigenvalue weighted by molar-refractivity contribution is 5.68. The molecule has 0 amide bonds. The van der Waals surface area contributed by atoms with Gasteiger partial charge in [0, 0.05) is 18.2 Å². The van der Waals surface area contributed by atoms with Crippen LogP contribution in [0.3, 0.4) is 0 Å². The summed E-state index contributed by atoms with van der Waals surface area (Å²) in [5.74, 6) is 0. The molecule has 0 unspecified atom stereocenters. The van der Waals surface area contributed by atoms with Crippen molar-refractivity contribution in [1.82, 2.24) is 5.16 Å². The van der Waals surface area contributed by atoms with E-state index in [1.807, 2.05) is 6.08 Å². The second-order valence-electron chi connectivity index (χ2n) is 3.11. The molecule has 5 heteroatoms. The van der Waals surface area contributed by atoms with E-state index >= 15 is 0 Å². The van der Waals surface area contributed by atoms with Gasteiger partial charge in [-0.1, -0.05) is 11.2 Å². The van der Waals surface area contributed by atoms with Crippen LogP contribution in [0.4, 0.5) is 5.69 Å². The number of aromatic nitrogens is 1. The van der Waals surface area contributed by atoms with Gasteiger partial charge in [-0.2, -0.15) is 0 Å². The average molecular weight is 216 g/mol. The molecule has 1 aromatic carbocycles. The zero-order valence-electron chi connectivity index (χ0n) is 8.24. The first-order valence-electron chi connectivity index (χ1n) is 4.58. The van der Waals surface area contributed by atoms with Crippen LogP contribution < -0.4 is 0 Å². The van der Waals surface area contributed by atoms with Gasteiger partial charge in [0.2, 0.25) is 0 Å². The van der Waals surface area contributed by atoms with E-state index in [2.05, 4.69) is 9.68 Å². The van der Waals surface area contributed by atoms with Gasteiger partial charge in [0.1, 0.15) is 12.0 Å². The van der Waals surface area contributed by atoms with E-state index in [0.29, 0.717) is 5.69 Å². The third-order valence-electron chi connectivity index (χ3n) is 2.01. The smallest absolute Gasteiger partial charge is 0.269 e. The summed E-state index contributed by atoms with van der Waals surface area (Å²) < 4.78 is 4.66. The summed E-state index contributed by atoms with van der Waals surface area (Å²) in [6.45, 7) is 0. The lowest BCUT2D eigenvalue weighted by Gasteiger charge is -1.92. The number of hydrogen-bond donors (Lipinski definition) is 0. The molecule has 0 saturated heterocycles. The zero-order chi connectivity index (χ0) is 11.4. The minimum absolute atomic E-state index is 0.0820. The van der Waals surface area contributed by atoms with Crippen LogP contribution >= 0.6 is 0 Å². The maximum atomic E-state index is 10.4. The Labute approximate surface area is 91.1 Å². The Bertz CT molecular complexity index is 501. The normalized spacial score (nSPS) is 10.8. The summed E-state index contributed by atoms with van der Waals surface area (Å²) >= 11 is 0. The molecule has 2 rings (SSSR count). The van der Waals surface area contributed by atoms with Gasteiger partial charge in [-0.25, -0.2) is 0 Å². The molecule has 1 heterocycles. The van der Waals surface area contributed by atoms with Crippen LogP contribution in [0.2, 0.25) is 0 Å². The van der Waals surface area contributed by atoms with Gasteiger partial charge >= 0.3 is 0 Å². The first kappa shape index (κ1) is 10.1. The second kappa shape index (κ2) is 4.39. The number of benzene rings is 1. The molecule has 0 spiro atoms. The largest absolute Gasteiger partial charge is 0.364 e. The van der Waals surface area contributed by atoms with Crippen LogP contribution in [0.15, 0.2) is 41.1 Å². The van der Waals surface area contributed by atoms with Crippen molar-refractivity contribution in [3.63, 3.8) is 0 Å². The zero-order valence-corrected chi connectivity index (χ0v) is 8.24. The average Bonchev–Trinajstić information content (AvgIpc) is 2.80. The maximum absolute atomic E-state index is 10.4. The highest BCUT2D eigenvalue weighted by atomic mass is 16.6. The fourth-order valence-corrected chi connectivity index (χ4v) is 1.20. The minimum atomic E-state index is -0.425. The summed E-state index contributed by atoms with van der Waals surface area (Å²) in [7, 11) is 0. The van der Waals surface area contributed by atoms with Crippen molar-refractivity contribution in [3.05, 3.63) is 58.0 Å². The number of nitro benzene ring substituents is 1. The fourth-order valence-electron chi connectivity index (χ4n) is 1.20. The number of rotatable bonds is 3. The molecule has 5 nitrogen and oxygen atoms in total. The van der Waals surface area contributed by atoms with Gasteiger partial charge in [0.05, 0.1) is 4.92 Å². The standard InChI is InChI=1S/C11H8N2O3/c14-13(15)11-5-2-9(3-6-11)1-4-10-7-8-16-12-10/h1-8H. The molecule has 0 bridgehead atoms. The molecule has 0 aliphatic carbocycles. The first-order chi connectivity index (χ1) is 7.75. The van der Waals surface area contributed by atoms with Gasteiger partial charge < -0.3 is 4.52 Å². The van der Waals surface area contributed by atoms with E-state index in [1.54, 1.807) is 24.3 Å². The number of nitro groups is 1. The van der Waals surface area contributed by atoms with Crippen molar-refractivity contribution < 1.29 is 9.45 Å². The van der Waals surface area contributed by atoms with Crippen LogP contribution in [0.25, 0.3) is 12.2 Å². The van der Waals surface area contributed by atoms with Crippen molar-refractivity contribution in [1.29, 1.82) is 0 Å². The molecule has 0 radical (unpaired) electrons. The Balaban J connectivity index is 2.14. The van der Waals surface area contributed by atoms with Crippen LogP contribution in [0.1, 0.15) is 11.3 Å². The predicted octanol–water partition coefficient (Wildman–Crippen LogP) is 2.75. The third kappa shape index (κ3) is 2.33. The van der Waals surface area contributed by atoms with Crippen molar-refractivity contribution in [2.24, 2.45) is 0 Å². The molecule has 0 aliphatic rings. The quantitative estimate of drug-likeness (QED) is 0.584. The Morgan fingerprint density at radius 2 is 1.94 bits per heavy atom. The van der Waals surface area contributed by atoms with Gasteiger partial charge in [-0.15, -0.1) is 0 Å². The number of hydrogen-bond acceptors (Lipinski definition) is 4. The lowest BCUT2D eigenvalue weighted by molar-refractivity contribution is -0.384. The molecule has 16 heavy (non-hydrogen) atoms. The van der Waals surface area contributed by atoms with E-state index in [1.165, 1.54) is 18.4 Å². The van der Waals surface area contributed by atoms with Gasteiger partial charge in [-0.05, 0) is 23.8 Å². The summed E-state index contributed by atoms with van der Waals surface area (Å²) in [4.78, 5) is 10.00. The van der Waals surface area contributed by atoms with Crippen molar-refractivity contribution >= 4 is 17.8 Å². The third-order valence-corrected chi connectivity index (χ3v) is 2.01. The summed E-state index contributed by atoms with van der Waals surface area (Å²) in [6.07, 6.45) is 5.06. The minimum Gasteiger partial charge on any atom is -0.364 e. The molecule has 0 atom stereocenters. The highest BCUT2D eigenvalue weighted by Crippen LogP contribution is 2.13. The monoisotopic (exact) mass is 216 g/mol. The number of nitrogens with zero attached hydrogens (tertiary/aromatic N) is 2. The van der Waals surface area contributed by atoms with Gasteiger partial charge in [0.25, 0.3) is 5.69 Å². The summed E-state index contributed by atoms with van der Waals surface area (Å²) in [6, 6.07) is 8.00. The fraction of sp³-hybridized carbons (Fsp3) is 0. The molecule has 0 N–H and O–H groups in total. The lowest BCUT2D eigenvalue weighted by atomic mass is 10.2. The highest BCUT2D eigenvalue weighted by Gasteiger charge is 2.02. The molecular formula is C11H8N2O3. The first-order valence-corrected chi connectivity index (χ1v) is 4.58. The van der Waals surface area contributed by atoms with Crippen molar-refractivity contribution in [3.8, 4) is 0 Å². The topological polar surface area (TPSA) is 69.2 Å². The molecule has 80 valence electrons. The van der Waals surface area contributed by atoms with Crippen LogP contribution in [0.5, 0.6) is 0 Å². The van der Waals surface area contributed by atoms with Crippen molar-refractivity contribution in [2.45, 2.75) is 0 Å². The van der Waals surface area contributed by atoms with Crippen LogP contribution in [-0.4, -0.2) is 10.1 Å². The second-order valence-corrected chi connectivity index (χ2v) is 3.11. The summed E-state index contributed by atoms with van der Waals surface area (Å²) in [5, 5.41) is 14.1. The molecular weight excluding hydrogens is 208 g/mol. The van der Waals surface area contributed by atoms with E-state index in [-0.39, 0.29) is 5.69 Å². The number of non-ortho nitro benzene ring substituents is 1. The molecule has 0 fully saturated rings. The Morgan fingerprint density at radius 3 is 2.50 bits per heavy atom. The predicted molar refractivity (Wildman–Crippen MR) is 58.5 cm³/mol. The molecule has 0 saturated carbocycles. The van der Waals surface area contributed by atoms with Crippen LogP contribution in [-0.2, 0) is 0 Å². The molecule has 1 aromatic heterocycles. The Morgan fingerprint density at radius 1 is 1.19 bits per heavy atom. The Kier molecular flexibility index (Phi) is 2.77. The van der Waals surface area contributed by atoms with Crippen molar-refractivity contribution in [2.75, 3.05) is 0 Å². The van der Waals surface area contributed by atoms with Gasteiger partial charge in [-0.3, -0.25) is 10.1 Å². The Hall–Kier alpha value is -2.43. The maximum Gasteiger partial charge on any atom is 0.269 e.